The Bertz CT molecular complexity index is 194. The zero-order chi connectivity index (χ0) is 12.1. The summed E-state index contributed by atoms with van der Waals surface area (Å²) in [6.45, 7) is 13.0. The summed E-state index contributed by atoms with van der Waals surface area (Å²) >= 11 is 0. The van der Waals surface area contributed by atoms with Crippen molar-refractivity contribution in [3.63, 3.8) is 0 Å². The second-order valence-electron chi connectivity index (χ2n) is 5.59. The predicted molar refractivity (Wildman–Crippen MR) is 70.8 cm³/mol. The van der Waals surface area contributed by atoms with E-state index in [1.165, 1.54) is 19.6 Å². The van der Waals surface area contributed by atoms with Crippen LogP contribution in [0.15, 0.2) is 0 Å². The van der Waals surface area contributed by atoms with E-state index in [0.717, 1.165) is 24.9 Å². The van der Waals surface area contributed by atoms with Crippen LogP contribution in [0.25, 0.3) is 0 Å². The smallest absolute Gasteiger partial charge is 0.0194 e. The minimum Gasteiger partial charge on any atom is -0.316 e. The lowest BCUT2D eigenvalue weighted by molar-refractivity contribution is 0.151. The average molecular weight is 227 g/mol. The van der Waals surface area contributed by atoms with E-state index in [-0.39, 0.29) is 0 Å². The maximum atomic E-state index is 3.49. The van der Waals surface area contributed by atoms with Crippen LogP contribution in [0.3, 0.4) is 0 Å². The molecular formula is C13H29N3. The van der Waals surface area contributed by atoms with Gasteiger partial charge in [-0.3, -0.25) is 4.90 Å². The summed E-state index contributed by atoms with van der Waals surface area (Å²) in [6, 6.07) is 0.660. The molecule has 0 bridgehead atoms. The van der Waals surface area contributed by atoms with E-state index in [1.54, 1.807) is 0 Å². The van der Waals surface area contributed by atoms with Crippen molar-refractivity contribution in [2.24, 2.45) is 11.8 Å². The zero-order valence-electron chi connectivity index (χ0n) is 11.7. The second-order valence-corrected chi connectivity index (χ2v) is 5.59. The summed E-state index contributed by atoms with van der Waals surface area (Å²) in [4.78, 5) is 4.90. The van der Waals surface area contributed by atoms with Crippen LogP contribution in [-0.2, 0) is 0 Å². The second kappa shape index (κ2) is 6.58. The Morgan fingerprint density at radius 3 is 2.44 bits per heavy atom. The monoisotopic (exact) mass is 227 g/mol. The molecule has 16 heavy (non-hydrogen) atoms. The Morgan fingerprint density at radius 1 is 1.31 bits per heavy atom. The molecule has 3 unspecified atom stereocenters. The third-order valence-corrected chi connectivity index (χ3v) is 3.81. The minimum absolute atomic E-state index is 0.660. The van der Waals surface area contributed by atoms with Gasteiger partial charge in [0.25, 0.3) is 0 Å². The molecule has 1 rings (SSSR count). The molecule has 0 radical (unpaired) electrons. The molecule has 3 heteroatoms. The summed E-state index contributed by atoms with van der Waals surface area (Å²) in [6.07, 6.45) is 0. The molecule has 0 aromatic rings. The third-order valence-electron chi connectivity index (χ3n) is 3.81. The molecule has 3 nitrogen and oxygen atoms in total. The minimum atomic E-state index is 0.660. The van der Waals surface area contributed by atoms with Crippen molar-refractivity contribution in [2.45, 2.75) is 26.8 Å². The van der Waals surface area contributed by atoms with E-state index in [9.17, 15) is 0 Å². The highest BCUT2D eigenvalue weighted by Gasteiger charge is 2.26. The standard InChI is InChI=1S/C13H29N3/c1-6-16(12(3)9-15(4)5)10-13-8-14-7-11(13)2/h11-14H,6-10H2,1-5H3. The zero-order valence-corrected chi connectivity index (χ0v) is 11.7. The van der Waals surface area contributed by atoms with Gasteiger partial charge < -0.3 is 10.2 Å². The average Bonchev–Trinajstić information content (AvgIpc) is 2.59. The largest absolute Gasteiger partial charge is 0.316 e. The van der Waals surface area contributed by atoms with E-state index in [4.69, 9.17) is 0 Å². The van der Waals surface area contributed by atoms with Gasteiger partial charge in [0.05, 0.1) is 0 Å². The fourth-order valence-corrected chi connectivity index (χ4v) is 2.67. The first-order valence-corrected chi connectivity index (χ1v) is 6.64. The number of nitrogens with zero attached hydrogens (tertiary/aromatic N) is 2. The first-order chi connectivity index (χ1) is 7.54. The Morgan fingerprint density at radius 2 is 2.00 bits per heavy atom. The predicted octanol–water partition coefficient (Wildman–Crippen LogP) is 1.11. The number of hydrogen-bond acceptors (Lipinski definition) is 3. The van der Waals surface area contributed by atoms with Crippen LogP contribution in [0.5, 0.6) is 0 Å². The van der Waals surface area contributed by atoms with Crippen LogP contribution in [0.4, 0.5) is 0 Å². The third kappa shape index (κ3) is 4.04. The van der Waals surface area contributed by atoms with Crippen LogP contribution in [-0.4, -0.2) is 62.7 Å². The normalized spacial score (nSPS) is 27.9. The summed E-state index contributed by atoms with van der Waals surface area (Å²) in [5.41, 5.74) is 0. The Balaban J connectivity index is 2.41. The highest BCUT2D eigenvalue weighted by molar-refractivity contribution is 4.82. The summed E-state index contributed by atoms with van der Waals surface area (Å²) in [7, 11) is 4.31. The fourth-order valence-electron chi connectivity index (χ4n) is 2.67. The van der Waals surface area contributed by atoms with Crippen molar-refractivity contribution < 1.29 is 0 Å². The molecule has 0 aromatic carbocycles. The fraction of sp³-hybridized carbons (Fsp3) is 1.00. The topological polar surface area (TPSA) is 18.5 Å². The quantitative estimate of drug-likeness (QED) is 0.733. The molecule has 3 atom stereocenters. The summed E-state index contributed by atoms with van der Waals surface area (Å²) < 4.78 is 0. The molecule has 1 aliphatic rings. The van der Waals surface area contributed by atoms with E-state index in [0.29, 0.717) is 6.04 Å². The Kier molecular flexibility index (Phi) is 5.73. The molecule has 1 aliphatic heterocycles. The van der Waals surface area contributed by atoms with E-state index in [1.807, 2.05) is 0 Å². The maximum Gasteiger partial charge on any atom is 0.0194 e. The van der Waals surface area contributed by atoms with Crippen molar-refractivity contribution >= 4 is 0 Å². The number of hydrogen-bond donors (Lipinski definition) is 1. The van der Waals surface area contributed by atoms with E-state index >= 15 is 0 Å². The lowest BCUT2D eigenvalue weighted by atomic mass is 9.97. The first-order valence-electron chi connectivity index (χ1n) is 6.64. The van der Waals surface area contributed by atoms with E-state index < -0.39 is 0 Å². The summed E-state index contributed by atoms with van der Waals surface area (Å²) in [5, 5.41) is 3.49. The molecular weight excluding hydrogens is 198 g/mol. The van der Waals surface area contributed by atoms with Gasteiger partial charge in [0.1, 0.15) is 0 Å². The van der Waals surface area contributed by atoms with Crippen LogP contribution in [0.1, 0.15) is 20.8 Å². The van der Waals surface area contributed by atoms with Gasteiger partial charge in [0.2, 0.25) is 0 Å². The van der Waals surface area contributed by atoms with Gasteiger partial charge in [-0.15, -0.1) is 0 Å². The van der Waals surface area contributed by atoms with Crippen LogP contribution in [0, 0.1) is 11.8 Å². The summed E-state index contributed by atoms with van der Waals surface area (Å²) in [5.74, 6) is 1.67. The van der Waals surface area contributed by atoms with Gasteiger partial charge >= 0.3 is 0 Å². The first kappa shape index (κ1) is 13.9. The highest BCUT2D eigenvalue weighted by Crippen LogP contribution is 2.18. The molecule has 0 spiro atoms. The maximum absolute atomic E-state index is 3.49. The Labute approximate surface area is 101 Å². The van der Waals surface area contributed by atoms with E-state index in [2.05, 4.69) is 50.0 Å². The molecule has 1 saturated heterocycles. The van der Waals surface area contributed by atoms with Crippen LogP contribution < -0.4 is 5.32 Å². The molecule has 0 aliphatic carbocycles. The van der Waals surface area contributed by atoms with Gasteiger partial charge in [0.15, 0.2) is 0 Å². The van der Waals surface area contributed by atoms with Gasteiger partial charge in [0, 0.05) is 19.1 Å². The lowest BCUT2D eigenvalue weighted by Crippen LogP contribution is -2.43. The molecule has 0 saturated carbocycles. The molecule has 0 aromatic heterocycles. The molecule has 1 heterocycles. The number of nitrogens with one attached hydrogen (secondary N) is 1. The number of rotatable bonds is 6. The molecule has 1 N–H and O–H groups in total. The van der Waals surface area contributed by atoms with Crippen molar-refractivity contribution in [1.29, 1.82) is 0 Å². The molecule has 96 valence electrons. The Hall–Kier alpha value is -0.120. The molecule has 0 amide bonds. The van der Waals surface area contributed by atoms with Crippen molar-refractivity contribution in [1.82, 2.24) is 15.1 Å². The lowest BCUT2D eigenvalue weighted by Gasteiger charge is -2.32. The van der Waals surface area contributed by atoms with Crippen molar-refractivity contribution in [3.05, 3.63) is 0 Å². The van der Waals surface area contributed by atoms with Crippen molar-refractivity contribution in [3.8, 4) is 0 Å². The van der Waals surface area contributed by atoms with Crippen LogP contribution in [0.2, 0.25) is 0 Å². The van der Waals surface area contributed by atoms with Gasteiger partial charge in [-0.05, 0) is 52.5 Å². The van der Waals surface area contributed by atoms with Crippen LogP contribution >= 0.6 is 0 Å². The van der Waals surface area contributed by atoms with Crippen molar-refractivity contribution in [2.75, 3.05) is 46.8 Å². The number of likely N-dealkylation sites (N-methyl/N-ethyl adjacent to an activating group) is 2. The molecule has 1 fully saturated rings. The SMILES string of the molecule is CCN(CC1CNCC1C)C(C)CN(C)C. The van der Waals surface area contributed by atoms with Gasteiger partial charge in [-0.2, -0.15) is 0 Å². The van der Waals surface area contributed by atoms with Gasteiger partial charge in [-0.1, -0.05) is 13.8 Å². The van der Waals surface area contributed by atoms with Gasteiger partial charge in [-0.25, -0.2) is 0 Å². The highest BCUT2D eigenvalue weighted by atomic mass is 15.2.